The molecule has 0 atom stereocenters. The van der Waals surface area contributed by atoms with Crippen LogP contribution in [0.4, 0.5) is 4.39 Å². The van der Waals surface area contributed by atoms with Crippen LogP contribution in [-0.4, -0.2) is 14.0 Å². The van der Waals surface area contributed by atoms with E-state index in [-0.39, 0.29) is 19.8 Å². The predicted octanol–water partition coefficient (Wildman–Crippen LogP) is 4.11. The highest BCUT2D eigenvalue weighted by atomic mass is 19.1. The lowest BCUT2D eigenvalue weighted by Gasteiger charge is -2.39. The molecule has 3 heteroatoms. The van der Waals surface area contributed by atoms with Crippen molar-refractivity contribution in [3.63, 3.8) is 0 Å². The molecule has 1 aromatic rings. The SMILES string of the molecule is CCCC1(CCC)CCc2cc(F)ccc2O1.[B]. The second-order valence-corrected chi connectivity index (χ2v) is 5.04. The van der Waals surface area contributed by atoms with Crippen LogP contribution in [0, 0.1) is 5.82 Å². The van der Waals surface area contributed by atoms with Gasteiger partial charge >= 0.3 is 0 Å². The summed E-state index contributed by atoms with van der Waals surface area (Å²) in [5.41, 5.74) is 1.02. The second kappa shape index (κ2) is 6.26. The number of hydrogen-bond donors (Lipinski definition) is 0. The van der Waals surface area contributed by atoms with Gasteiger partial charge < -0.3 is 4.74 Å². The summed E-state index contributed by atoms with van der Waals surface area (Å²) in [6, 6.07) is 4.88. The highest BCUT2D eigenvalue weighted by Gasteiger charge is 2.34. The summed E-state index contributed by atoms with van der Waals surface area (Å²) < 4.78 is 19.3. The van der Waals surface area contributed by atoms with E-state index in [4.69, 9.17) is 4.74 Å². The largest absolute Gasteiger partial charge is 0.487 e. The normalized spacial score (nSPS) is 16.4. The fourth-order valence-electron chi connectivity index (χ4n) is 2.88. The fourth-order valence-corrected chi connectivity index (χ4v) is 2.88. The Morgan fingerprint density at radius 1 is 1.22 bits per heavy atom. The molecule has 1 aliphatic rings. The highest BCUT2D eigenvalue weighted by Crippen LogP contribution is 2.38. The van der Waals surface area contributed by atoms with Crippen molar-refractivity contribution >= 4 is 8.41 Å². The summed E-state index contributed by atoms with van der Waals surface area (Å²) >= 11 is 0. The zero-order valence-corrected chi connectivity index (χ0v) is 11.3. The molecule has 1 aliphatic heterocycles. The topological polar surface area (TPSA) is 9.23 Å². The number of rotatable bonds is 4. The summed E-state index contributed by atoms with van der Waals surface area (Å²) in [4.78, 5) is 0. The minimum absolute atomic E-state index is 0. The van der Waals surface area contributed by atoms with Gasteiger partial charge in [0.15, 0.2) is 0 Å². The van der Waals surface area contributed by atoms with Crippen molar-refractivity contribution in [3.05, 3.63) is 29.6 Å². The Hall–Kier alpha value is -0.985. The van der Waals surface area contributed by atoms with Crippen LogP contribution >= 0.6 is 0 Å². The van der Waals surface area contributed by atoms with Gasteiger partial charge in [-0.15, -0.1) is 0 Å². The molecule has 0 aromatic heterocycles. The molecule has 1 nitrogen and oxygen atoms in total. The molecule has 1 aromatic carbocycles. The molecule has 97 valence electrons. The minimum Gasteiger partial charge on any atom is -0.487 e. The van der Waals surface area contributed by atoms with Crippen molar-refractivity contribution in [3.8, 4) is 5.75 Å². The first kappa shape index (κ1) is 15.1. The van der Waals surface area contributed by atoms with E-state index in [1.54, 1.807) is 12.1 Å². The fraction of sp³-hybridized carbons (Fsp3) is 0.600. The molecule has 0 spiro atoms. The lowest BCUT2D eigenvalue weighted by atomic mass is 9.84. The van der Waals surface area contributed by atoms with E-state index < -0.39 is 0 Å². The van der Waals surface area contributed by atoms with Gasteiger partial charge in [0.2, 0.25) is 0 Å². The molecule has 0 N–H and O–H groups in total. The highest BCUT2D eigenvalue weighted by molar-refractivity contribution is 5.75. The van der Waals surface area contributed by atoms with Crippen molar-refractivity contribution < 1.29 is 9.13 Å². The quantitative estimate of drug-likeness (QED) is 0.727. The van der Waals surface area contributed by atoms with E-state index in [9.17, 15) is 4.39 Å². The van der Waals surface area contributed by atoms with Crippen molar-refractivity contribution in [1.29, 1.82) is 0 Å². The number of halogens is 1. The molecule has 0 fully saturated rings. The molecule has 0 saturated carbocycles. The Bertz CT molecular complexity index is 386. The predicted molar refractivity (Wildman–Crippen MR) is 73.7 cm³/mol. The molecular formula is C15H21BFO. The average Bonchev–Trinajstić information content (AvgIpc) is 2.30. The van der Waals surface area contributed by atoms with Crippen LogP contribution in [0.15, 0.2) is 18.2 Å². The van der Waals surface area contributed by atoms with Crippen molar-refractivity contribution in [2.75, 3.05) is 0 Å². The third-order valence-electron chi connectivity index (χ3n) is 3.61. The Labute approximate surface area is 111 Å². The molecule has 2 rings (SSSR count). The van der Waals surface area contributed by atoms with E-state index in [1.807, 2.05) is 0 Å². The van der Waals surface area contributed by atoms with Crippen LogP contribution in [0.2, 0.25) is 0 Å². The van der Waals surface area contributed by atoms with Crippen LogP contribution in [0.1, 0.15) is 51.5 Å². The molecule has 1 heterocycles. The van der Waals surface area contributed by atoms with Gasteiger partial charge in [-0.3, -0.25) is 0 Å². The summed E-state index contributed by atoms with van der Waals surface area (Å²) in [5, 5.41) is 0. The van der Waals surface area contributed by atoms with Crippen LogP contribution in [0.3, 0.4) is 0 Å². The van der Waals surface area contributed by atoms with E-state index in [2.05, 4.69) is 13.8 Å². The maximum atomic E-state index is 13.1. The second-order valence-electron chi connectivity index (χ2n) is 5.04. The molecule has 0 aliphatic carbocycles. The zero-order chi connectivity index (χ0) is 12.3. The lowest BCUT2D eigenvalue weighted by molar-refractivity contribution is 0.0274. The van der Waals surface area contributed by atoms with Gasteiger partial charge in [-0.2, -0.15) is 0 Å². The zero-order valence-electron chi connectivity index (χ0n) is 11.3. The molecule has 0 unspecified atom stereocenters. The number of ether oxygens (including phenoxy) is 1. The van der Waals surface area contributed by atoms with E-state index in [0.29, 0.717) is 0 Å². The summed E-state index contributed by atoms with van der Waals surface area (Å²) in [5.74, 6) is 0.727. The van der Waals surface area contributed by atoms with Gasteiger partial charge in [-0.1, -0.05) is 26.7 Å². The third-order valence-corrected chi connectivity index (χ3v) is 3.61. The summed E-state index contributed by atoms with van der Waals surface area (Å²) in [7, 11) is 0. The maximum Gasteiger partial charge on any atom is 0.123 e. The maximum absolute atomic E-state index is 13.1. The van der Waals surface area contributed by atoms with Crippen molar-refractivity contribution in [2.45, 2.75) is 58.0 Å². The monoisotopic (exact) mass is 247 g/mol. The number of aryl methyl sites for hydroxylation is 1. The number of benzene rings is 1. The standard InChI is InChI=1S/C15H21FO.B/c1-3-8-15(9-4-2)10-7-12-11-13(16)5-6-14(12)17-15;/h5-6,11H,3-4,7-10H2,1-2H3;. The van der Waals surface area contributed by atoms with Crippen LogP contribution in [0.5, 0.6) is 5.75 Å². The molecule has 0 amide bonds. The number of fused-ring (bicyclic) bond motifs is 1. The van der Waals surface area contributed by atoms with E-state index in [1.165, 1.54) is 6.07 Å². The van der Waals surface area contributed by atoms with Gasteiger partial charge in [0.25, 0.3) is 0 Å². The van der Waals surface area contributed by atoms with E-state index >= 15 is 0 Å². The Kier molecular flexibility index (Phi) is 5.24. The molecule has 18 heavy (non-hydrogen) atoms. The van der Waals surface area contributed by atoms with Crippen molar-refractivity contribution in [1.82, 2.24) is 0 Å². The first-order chi connectivity index (χ1) is 8.19. The van der Waals surface area contributed by atoms with Gasteiger partial charge in [0.1, 0.15) is 17.2 Å². The summed E-state index contributed by atoms with van der Waals surface area (Å²) in [6.07, 6.45) is 6.42. The average molecular weight is 247 g/mol. The van der Waals surface area contributed by atoms with Gasteiger partial charge in [-0.25, -0.2) is 4.39 Å². The van der Waals surface area contributed by atoms with Gasteiger partial charge in [0, 0.05) is 8.41 Å². The van der Waals surface area contributed by atoms with Gasteiger partial charge in [-0.05, 0) is 49.4 Å². The van der Waals surface area contributed by atoms with Crippen LogP contribution in [-0.2, 0) is 6.42 Å². The van der Waals surface area contributed by atoms with Crippen LogP contribution in [0.25, 0.3) is 0 Å². The first-order valence-corrected chi connectivity index (χ1v) is 6.66. The minimum atomic E-state index is -0.161. The summed E-state index contributed by atoms with van der Waals surface area (Å²) in [6.45, 7) is 4.39. The van der Waals surface area contributed by atoms with Gasteiger partial charge in [0.05, 0.1) is 0 Å². The Morgan fingerprint density at radius 3 is 2.50 bits per heavy atom. The smallest absolute Gasteiger partial charge is 0.123 e. The Morgan fingerprint density at radius 2 is 1.89 bits per heavy atom. The van der Waals surface area contributed by atoms with E-state index in [0.717, 1.165) is 49.8 Å². The molecule has 0 bridgehead atoms. The first-order valence-electron chi connectivity index (χ1n) is 6.66. The Balaban J connectivity index is 0.00000162. The molecule has 0 saturated heterocycles. The lowest BCUT2D eigenvalue weighted by Crippen LogP contribution is -2.39. The number of hydrogen-bond acceptors (Lipinski definition) is 1. The molecular weight excluding hydrogens is 226 g/mol. The van der Waals surface area contributed by atoms with Crippen molar-refractivity contribution in [2.24, 2.45) is 0 Å². The van der Waals surface area contributed by atoms with Crippen LogP contribution < -0.4 is 4.74 Å². The molecule has 3 radical (unpaired) electrons. The third kappa shape index (κ3) is 3.07.